The third-order valence-electron chi connectivity index (χ3n) is 7.19. The van der Waals surface area contributed by atoms with Crippen molar-refractivity contribution in [1.82, 2.24) is 9.55 Å². The minimum absolute atomic E-state index is 0.0118. The van der Waals surface area contributed by atoms with Crippen molar-refractivity contribution in [1.29, 1.82) is 0 Å². The highest BCUT2D eigenvalue weighted by atomic mass is 32.1. The molecule has 7 rings (SSSR count). The number of rotatable bonds is 3. The van der Waals surface area contributed by atoms with E-state index in [0.717, 1.165) is 51.1 Å². The predicted octanol–water partition coefficient (Wildman–Crippen LogP) is 4.81. The first-order valence-corrected chi connectivity index (χ1v) is 12.9. The van der Waals surface area contributed by atoms with Crippen molar-refractivity contribution in [3.05, 3.63) is 127 Å². The molecule has 0 saturated heterocycles. The fourth-order valence-corrected chi connectivity index (χ4v) is 6.48. The van der Waals surface area contributed by atoms with E-state index in [1.54, 1.807) is 7.11 Å². The molecule has 3 heterocycles. The number of fused-ring (bicyclic) bond motifs is 4. The van der Waals surface area contributed by atoms with Gasteiger partial charge in [0, 0.05) is 28.2 Å². The number of benzene rings is 3. The van der Waals surface area contributed by atoms with E-state index in [-0.39, 0.29) is 11.6 Å². The Labute approximate surface area is 211 Å². The summed E-state index contributed by atoms with van der Waals surface area (Å²) in [6.07, 6.45) is 5.75. The molecule has 0 radical (unpaired) electrons. The Hall–Kier alpha value is -4.16. The molecule has 5 aromatic rings. The molecule has 1 aliphatic carbocycles. The predicted molar refractivity (Wildman–Crippen MR) is 144 cm³/mol. The molecule has 0 amide bonds. The topological polar surface area (TPSA) is 59.4 Å². The number of para-hydroxylation sites is 1. The summed E-state index contributed by atoms with van der Waals surface area (Å²) >= 11 is 1.46. The van der Waals surface area contributed by atoms with Gasteiger partial charge in [-0.25, -0.2) is 4.99 Å². The quantitative estimate of drug-likeness (QED) is 0.396. The summed E-state index contributed by atoms with van der Waals surface area (Å²) in [4.78, 5) is 23.1. The minimum Gasteiger partial charge on any atom is -0.497 e. The summed E-state index contributed by atoms with van der Waals surface area (Å²) in [6, 6.07) is 24.5. The monoisotopic (exact) mass is 489 g/mol. The molecule has 3 aromatic carbocycles. The fraction of sp³-hybridized carbons (Fsp3) is 0.133. The molecule has 1 atom stereocenters. The minimum atomic E-state index is -0.218. The normalized spacial score (nSPS) is 16.9. The van der Waals surface area contributed by atoms with Crippen LogP contribution >= 0.6 is 11.3 Å². The van der Waals surface area contributed by atoms with Crippen molar-refractivity contribution in [2.45, 2.75) is 18.9 Å². The number of H-pyrrole nitrogens is 1. The Morgan fingerprint density at radius 3 is 2.83 bits per heavy atom. The lowest BCUT2D eigenvalue weighted by atomic mass is 9.83. The van der Waals surface area contributed by atoms with Crippen LogP contribution in [0.5, 0.6) is 5.75 Å². The molecule has 176 valence electrons. The first-order valence-electron chi connectivity index (χ1n) is 12.0. The second-order valence-corrected chi connectivity index (χ2v) is 10.2. The second-order valence-electron chi connectivity index (χ2n) is 9.18. The van der Waals surface area contributed by atoms with Crippen LogP contribution in [0.2, 0.25) is 0 Å². The number of nitrogens with zero attached hydrogens (tertiary/aromatic N) is 2. The van der Waals surface area contributed by atoms with Crippen molar-refractivity contribution in [3.8, 4) is 5.75 Å². The van der Waals surface area contributed by atoms with Crippen LogP contribution in [-0.2, 0) is 6.42 Å². The molecule has 0 fully saturated rings. The van der Waals surface area contributed by atoms with E-state index in [4.69, 9.17) is 9.73 Å². The molecular weight excluding hydrogens is 466 g/mol. The van der Waals surface area contributed by atoms with Crippen LogP contribution in [0.25, 0.3) is 22.7 Å². The smallest absolute Gasteiger partial charge is 0.271 e. The number of aryl methyl sites for hydroxylation is 1. The molecule has 0 saturated carbocycles. The summed E-state index contributed by atoms with van der Waals surface area (Å²) in [5.74, 6) is 0.781. The molecule has 6 heteroatoms. The van der Waals surface area contributed by atoms with Gasteiger partial charge in [-0.2, -0.15) is 0 Å². The van der Waals surface area contributed by atoms with E-state index >= 15 is 0 Å². The highest BCUT2D eigenvalue weighted by molar-refractivity contribution is 7.07. The number of ether oxygens (including phenoxy) is 1. The Morgan fingerprint density at radius 1 is 1.06 bits per heavy atom. The van der Waals surface area contributed by atoms with Crippen molar-refractivity contribution in [3.63, 3.8) is 0 Å². The number of aromatic amines is 1. The van der Waals surface area contributed by atoms with Gasteiger partial charge in [0.15, 0.2) is 4.80 Å². The lowest BCUT2D eigenvalue weighted by molar-refractivity contribution is 0.413. The molecule has 1 aliphatic heterocycles. The van der Waals surface area contributed by atoms with Crippen molar-refractivity contribution >= 4 is 34.0 Å². The molecule has 0 unspecified atom stereocenters. The Morgan fingerprint density at radius 2 is 1.92 bits per heavy atom. The van der Waals surface area contributed by atoms with Gasteiger partial charge in [-0.3, -0.25) is 9.36 Å². The second kappa shape index (κ2) is 8.21. The Bertz CT molecular complexity index is 1870. The van der Waals surface area contributed by atoms with Gasteiger partial charge in [0.05, 0.1) is 23.4 Å². The number of allylic oxidation sites excluding steroid dienone is 1. The van der Waals surface area contributed by atoms with Crippen molar-refractivity contribution in [2.75, 3.05) is 7.11 Å². The average molecular weight is 490 g/mol. The van der Waals surface area contributed by atoms with E-state index < -0.39 is 0 Å². The SMILES string of the molecule is COc1cccc([C@@H]2C3=C(N=c4s/c(=C\c5c[nH]c6ccccc56)c(=O)n42)c2ccccc2CC3)c1. The number of hydrogen-bond donors (Lipinski definition) is 1. The maximum atomic E-state index is 14.0. The number of hydrogen-bond acceptors (Lipinski definition) is 4. The van der Waals surface area contributed by atoms with Crippen LogP contribution in [0.3, 0.4) is 0 Å². The van der Waals surface area contributed by atoms with Crippen LogP contribution in [0.15, 0.2) is 94.4 Å². The van der Waals surface area contributed by atoms with Crippen LogP contribution in [0, 0.1) is 0 Å². The van der Waals surface area contributed by atoms with E-state index in [9.17, 15) is 4.79 Å². The zero-order valence-corrected chi connectivity index (χ0v) is 20.5. The largest absolute Gasteiger partial charge is 0.497 e. The molecule has 0 bridgehead atoms. The van der Waals surface area contributed by atoms with E-state index in [1.165, 1.54) is 28.0 Å². The maximum Gasteiger partial charge on any atom is 0.271 e. The van der Waals surface area contributed by atoms with Crippen LogP contribution in [-0.4, -0.2) is 16.7 Å². The van der Waals surface area contributed by atoms with E-state index in [0.29, 0.717) is 4.53 Å². The average Bonchev–Trinajstić information content (AvgIpc) is 3.48. The van der Waals surface area contributed by atoms with Crippen LogP contribution in [0.1, 0.15) is 34.7 Å². The highest BCUT2D eigenvalue weighted by Gasteiger charge is 2.32. The number of methoxy groups -OCH3 is 1. The van der Waals surface area contributed by atoms with Crippen molar-refractivity contribution < 1.29 is 4.74 Å². The van der Waals surface area contributed by atoms with Gasteiger partial charge >= 0.3 is 0 Å². The van der Waals surface area contributed by atoms with Gasteiger partial charge in [0.1, 0.15) is 5.75 Å². The molecule has 36 heavy (non-hydrogen) atoms. The van der Waals surface area contributed by atoms with Crippen LogP contribution < -0.4 is 19.6 Å². The summed E-state index contributed by atoms with van der Waals surface area (Å²) in [6.45, 7) is 0. The van der Waals surface area contributed by atoms with Crippen LogP contribution in [0.4, 0.5) is 0 Å². The Kier molecular flexibility index (Phi) is 4.82. The summed E-state index contributed by atoms with van der Waals surface area (Å²) in [5, 5.41) is 1.10. The number of aromatic nitrogens is 2. The molecule has 1 N–H and O–H groups in total. The third kappa shape index (κ3) is 3.22. The molecule has 0 spiro atoms. The first-order chi connectivity index (χ1) is 17.7. The zero-order valence-electron chi connectivity index (χ0n) is 19.7. The standard InChI is InChI=1S/C30H23N3O2S/c1-35-21-9-6-8-19(15-21)28-24-14-13-18-7-2-3-11-23(18)27(24)32-30-33(28)29(34)26(36-30)16-20-17-31-25-12-5-4-10-22(20)25/h2-12,15-17,28,31H,13-14H2,1H3/b26-16-/t28-/m1/s1. The lowest BCUT2D eigenvalue weighted by Gasteiger charge is -2.31. The Balaban J connectivity index is 1.50. The fourth-order valence-electron chi connectivity index (χ4n) is 5.49. The van der Waals surface area contributed by atoms with Gasteiger partial charge in [-0.15, -0.1) is 0 Å². The molecule has 2 aromatic heterocycles. The van der Waals surface area contributed by atoms with Crippen molar-refractivity contribution in [2.24, 2.45) is 4.99 Å². The molecular formula is C30H23N3O2S. The van der Waals surface area contributed by atoms with Gasteiger partial charge in [-0.1, -0.05) is 65.9 Å². The number of thiazole rings is 1. The first kappa shape index (κ1) is 21.1. The highest BCUT2D eigenvalue weighted by Crippen LogP contribution is 2.41. The van der Waals surface area contributed by atoms with E-state index in [1.807, 2.05) is 53.2 Å². The summed E-state index contributed by atoms with van der Waals surface area (Å²) in [7, 11) is 1.67. The van der Waals surface area contributed by atoms with Gasteiger partial charge < -0.3 is 9.72 Å². The number of nitrogens with one attached hydrogen (secondary N) is 1. The third-order valence-corrected chi connectivity index (χ3v) is 8.17. The summed E-state index contributed by atoms with van der Waals surface area (Å²) < 4.78 is 8.10. The molecule has 2 aliphatic rings. The summed E-state index contributed by atoms with van der Waals surface area (Å²) in [5.41, 5.74) is 7.75. The maximum absolute atomic E-state index is 14.0. The zero-order chi connectivity index (χ0) is 24.2. The molecule has 5 nitrogen and oxygen atoms in total. The van der Waals surface area contributed by atoms with Gasteiger partial charge in [0.25, 0.3) is 5.56 Å². The van der Waals surface area contributed by atoms with E-state index in [2.05, 4.69) is 41.4 Å². The lowest BCUT2D eigenvalue weighted by Crippen LogP contribution is -2.38. The van der Waals surface area contributed by atoms with Gasteiger partial charge in [-0.05, 0) is 53.8 Å². The van der Waals surface area contributed by atoms with Gasteiger partial charge in [0.2, 0.25) is 0 Å².